The molecular formula is C6H5N3O2S. The van der Waals surface area contributed by atoms with Crippen LogP contribution < -0.4 is 5.32 Å². The number of nitrogens with zero attached hydrogens (tertiary/aromatic N) is 2. The van der Waals surface area contributed by atoms with Gasteiger partial charge < -0.3 is 5.32 Å². The smallest absolute Gasteiger partial charge is 0.302 e. The second kappa shape index (κ2) is 3.28. The van der Waals surface area contributed by atoms with E-state index in [1.807, 2.05) is 0 Å². The number of thiol groups is 1. The Bertz CT molecular complexity index is 315. The van der Waals surface area contributed by atoms with Crippen molar-refractivity contribution >= 4 is 12.6 Å². The number of nitriles is 1. The molecule has 1 rings (SSSR count). The van der Waals surface area contributed by atoms with Crippen LogP contribution in [0.3, 0.4) is 0 Å². The minimum Gasteiger partial charge on any atom is -0.356 e. The topological polar surface area (TPSA) is 79.0 Å². The van der Waals surface area contributed by atoms with E-state index in [0.29, 0.717) is 0 Å². The van der Waals surface area contributed by atoms with Gasteiger partial charge in [-0.15, -0.1) is 0 Å². The van der Waals surface area contributed by atoms with Crippen LogP contribution in [-0.2, 0) is 0 Å². The molecule has 12 heavy (non-hydrogen) atoms. The summed E-state index contributed by atoms with van der Waals surface area (Å²) in [6.45, 7) is 0. The number of allylic oxidation sites excluding steroid dienone is 2. The second-order valence-electron chi connectivity index (χ2n) is 2.08. The summed E-state index contributed by atoms with van der Waals surface area (Å²) in [4.78, 5) is 9.70. The van der Waals surface area contributed by atoms with Crippen LogP contribution in [0, 0.1) is 21.4 Å². The molecule has 0 amide bonds. The molecule has 0 aromatic rings. The van der Waals surface area contributed by atoms with Crippen LogP contribution >= 0.6 is 12.6 Å². The van der Waals surface area contributed by atoms with Crippen molar-refractivity contribution < 1.29 is 4.92 Å². The van der Waals surface area contributed by atoms with Crippen LogP contribution in [0.15, 0.2) is 23.5 Å². The zero-order valence-corrected chi connectivity index (χ0v) is 6.78. The first-order chi connectivity index (χ1) is 5.65. The highest BCUT2D eigenvalue weighted by Crippen LogP contribution is 2.12. The Kier molecular flexibility index (Phi) is 2.35. The van der Waals surface area contributed by atoms with Crippen molar-refractivity contribution in [3.05, 3.63) is 33.7 Å². The molecule has 6 heteroatoms. The Hall–Kier alpha value is -1.48. The van der Waals surface area contributed by atoms with Gasteiger partial charge in [0.1, 0.15) is 6.07 Å². The van der Waals surface area contributed by atoms with Gasteiger partial charge in [-0.2, -0.15) is 17.9 Å². The minimum atomic E-state index is -0.609. The molecule has 0 fully saturated rings. The first-order valence-electron chi connectivity index (χ1n) is 3.06. The number of hydrogen-bond acceptors (Lipinski definition) is 5. The van der Waals surface area contributed by atoms with Crippen molar-refractivity contribution in [3.63, 3.8) is 0 Å². The van der Waals surface area contributed by atoms with E-state index in [1.165, 1.54) is 12.2 Å². The van der Waals surface area contributed by atoms with Gasteiger partial charge in [-0.25, -0.2) is 0 Å². The highest BCUT2D eigenvalue weighted by molar-refractivity contribution is 7.81. The molecule has 1 atom stereocenters. The monoisotopic (exact) mass is 183 g/mol. The maximum atomic E-state index is 10.3. The van der Waals surface area contributed by atoms with Crippen LogP contribution in [0.1, 0.15) is 0 Å². The Morgan fingerprint density at radius 3 is 3.00 bits per heavy atom. The minimum absolute atomic E-state index is 0.0532. The van der Waals surface area contributed by atoms with Crippen molar-refractivity contribution in [3.8, 4) is 6.07 Å². The molecule has 0 saturated carbocycles. The summed E-state index contributed by atoms with van der Waals surface area (Å²) < 4.78 is 0. The number of rotatable bonds is 1. The summed E-state index contributed by atoms with van der Waals surface area (Å²) in [5.41, 5.74) is -0.273. The maximum Gasteiger partial charge on any atom is 0.302 e. The molecule has 0 saturated heterocycles. The predicted octanol–water partition coefficient (Wildman–Crippen LogP) is 0.414. The van der Waals surface area contributed by atoms with Gasteiger partial charge in [-0.3, -0.25) is 10.1 Å². The second-order valence-corrected chi connectivity index (χ2v) is 2.63. The van der Waals surface area contributed by atoms with Crippen LogP contribution in [-0.4, -0.2) is 10.3 Å². The SMILES string of the molecule is N#CC1=C([N+](=O)[O-])C=CC(S)N1. The van der Waals surface area contributed by atoms with E-state index in [2.05, 4.69) is 17.9 Å². The van der Waals surface area contributed by atoms with Crippen LogP contribution in [0.2, 0.25) is 0 Å². The van der Waals surface area contributed by atoms with Crippen molar-refractivity contribution in [2.24, 2.45) is 0 Å². The molecular weight excluding hydrogens is 178 g/mol. The van der Waals surface area contributed by atoms with Crippen LogP contribution in [0.5, 0.6) is 0 Å². The van der Waals surface area contributed by atoms with Gasteiger partial charge in [0, 0.05) is 6.08 Å². The summed E-state index contributed by atoms with van der Waals surface area (Å²) >= 11 is 3.98. The molecule has 0 aromatic heterocycles. The Morgan fingerprint density at radius 1 is 1.83 bits per heavy atom. The highest BCUT2D eigenvalue weighted by atomic mass is 32.1. The maximum absolute atomic E-state index is 10.3. The first kappa shape index (κ1) is 8.62. The third kappa shape index (κ3) is 1.57. The zero-order valence-electron chi connectivity index (χ0n) is 5.89. The van der Waals surface area contributed by atoms with Gasteiger partial charge >= 0.3 is 5.70 Å². The van der Waals surface area contributed by atoms with Crippen molar-refractivity contribution in [2.45, 2.75) is 5.37 Å². The summed E-state index contributed by atoms with van der Waals surface area (Å²) in [6, 6.07) is 1.69. The Balaban J connectivity index is 3.03. The summed E-state index contributed by atoms with van der Waals surface area (Å²) in [5.74, 6) is 0. The fourth-order valence-corrected chi connectivity index (χ4v) is 0.992. The lowest BCUT2D eigenvalue weighted by Crippen LogP contribution is -2.26. The van der Waals surface area contributed by atoms with Gasteiger partial charge in [0.25, 0.3) is 0 Å². The Morgan fingerprint density at radius 2 is 2.50 bits per heavy atom. The molecule has 1 aliphatic heterocycles. The number of dihydropyridines is 1. The van der Waals surface area contributed by atoms with Crippen LogP contribution in [0.25, 0.3) is 0 Å². The van der Waals surface area contributed by atoms with E-state index < -0.39 is 4.92 Å². The number of nitrogens with one attached hydrogen (secondary N) is 1. The molecule has 0 aliphatic carbocycles. The molecule has 0 spiro atoms. The van der Waals surface area contributed by atoms with Gasteiger partial charge in [-0.1, -0.05) is 0 Å². The lowest BCUT2D eigenvalue weighted by Gasteiger charge is -2.11. The molecule has 1 aliphatic rings. The molecule has 5 nitrogen and oxygen atoms in total. The first-order valence-corrected chi connectivity index (χ1v) is 3.58. The van der Waals surface area contributed by atoms with Crippen LogP contribution in [0.4, 0.5) is 0 Å². The standard InChI is InChI=1S/C6H5N3O2S/c7-3-4-5(9(10)11)1-2-6(12)8-4/h1-2,6,8,12H. The lowest BCUT2D eigenvalue weighted by atomic mass is 10.2. The molecule has 0 bridgehead atoms. The summed E-state index contributed by atoms with van der Waals surface area (Å²) in [6.07, 6.45) is 2.77. The van der Waals surface area contributed by atoms with Gasteiger partial charge in [0.15, 0.2) is 5.70 Å². The zero-order chi connectivity index (χ0) is 9.14. The van der Waals surface area contributed by atoms with E-state index in [-0.39, 0.29) is 16.8 Å². The van der Waals surface area contributed by atoms with E-state index in [0.717, 1.165) is 0 Å². The number of hydrogen-bond donors (Lipinski definition) is 2. The molecule has 0 aromatic carbocycles. The van der Waals surface area contributed by atoms with E-state index in [1.54, 1.807) is 6.07 Å². The fourth-order valence-electron chi connectivity index (χ4n) is 0.777. The molecule has 0 radical (unpaired) electrons. The molecule has 1 unspecified atom stereocenters. The summed E-state index contributed by atoms with van der Waals surface area (Å²) in [5, 5.41) is 21.0. The van der Waals surface area contributed by atoms with E-state index >= 15 is 0 Å². The molecule has 1 heterocycles. The fraction of sp³-hybridized carbons (Fsp3) is 0.167. The average Bonchev–Trinajstić information content (AvgIpc) is 2.03. The quantitative estimate of drug-likeness (QED) is 0.350. The van der Waals surface area contributed by atoms with E-state index in [9.17, 15) is 10.1 Å². The third-order valence-corrected chi connectivity index (χ3v) is 1.59. The van der Waals surface area contributed by atoms with Gasteiger partial charge in [0.05, 0.1) is 10.3 Å². The van der Waals surface area contributed by atoms with Crippen molar-refractivity contribution in [2.75, 3.05) is 0 Å². The normalized spacial score (nSPS) is 21.5. The highest BCUT2D eigenvalue weighted by Gasteiger charge is 2.20. The third-order valence-electron chi connectivity index (χ3n) is 1.29. The predicted molar refractivity (Wildman–Crippen MR) is 44.7 cm³/mol. The molecule has 62 valence electrons. The van der Waals surface area contributed by atoms with Crippen molar-refractivity contribution in [1.29, 1.82) is 5.26 Å². The van der Waals surface area contributed by atoms with Crippen molar-refractivity contribution in [1.82, 2.24) is 5.32 Å². The average molecular weight is 183 g/mol. The largest absolute Gasteiger partial charge is 0.356 e. The van der Waals surface area contributed by atoms with Gasteiger partial charge in [-0.05, 0) is 6.08 Å². The molecule has 1 N–H and O–H groups in total. The van der Waals surface area contributed by atoms with Gasteiger partial charge in [0.2, 0.25) is 0 Å². The number of nitro groups is 1. The lowest BCUT2D eigenvalue weighted by molar-refractivity contribution is -0.420. The Labute approximate surface area is 73.9 Å². The summed E-state index contributed by atoms with van der Waals surface area (Å²) in [7, 11) is 0. The van der Waals surface area contributed by atoms with E-state index in [4.69, 9.17) is 5.26 Å².